The van der Waals surface area contributed by atoms with Crippen molar-refractivity contribution in [3.63, 3.8) is 0 Å². The van der Waals surface area contributed by atoms with Crippen molar-refractivity contribution in [2.24, 2.45) is 4.99 Å². The number of hydrogen-bond donors (Lipinski definition) is 2. The summed E-state index contributed by atoms with van der Waals surface area (Å²) in [6.07, 6.45) is 0. The normalized spacial score (nSPS) is 11.7. The van der Waals surface area contributed by atoms with Crippen LogP contribution in [0.2, 0.25) is 0 Å². The third-order valence-corrected chi connectivity index (χ3v) is 3.70. The zero-order chi connectivity index (χ0) is 14.4. The summed E-state index contributed by atoms with van der Waals surface area (Å²) in [5.74, 6) is 1.90. The summed E-state index contributed by atoms with van der Waals surface area (Å²) in [6, 6.07) is 2.12. The van der Waals surface area contributed by atoms with Crippen molar-refractivity contribution in [1.29, 1.82) is 0 Å². The Labute approximate surface area is 122 Å². The maximum atomic E-state index is 4.92. The summed E-state index contributed by atoms with van der Waals surface area (Å²) >= 11 is 1.74. The Bertz CT molecular complexity index is 575. The predicted octanol–water partition coefficient (Wildman–Crippen LogP) is 2.00. The number of nitrogens with zero attached hydrogens (tertiary/aromatic N) is 3. The minimum atomic E-state index is 0.399. The maximum absolute atomic E-state index is 4.92. The Hall–Kier alpha value is -1.89. The number of rotatable bonds is 5. The molecule has 0 aromatic carbocycles. The number of nitrogens with one attached hydrogen (secondary N) is 2. The largest absolute Gasteiger partial charge is 0.357 e. The van der Waals surface area contributed by atoms with Gasteiger partial charge in [-0.05, 0) is 30.9 Å². The van der Waals surface area contributed by atoms with E-state index < -0.39 is 0 Å². The highest BCUT2D eigenvalue weighted by atomic mass is 32.1. The van der Waals surface area contributed by atoms with Gasteiger partial charge in [-0.15, -0.1) is 11.3 Å². The molecule has 2 heterocycles. The second-order valence-corrected chi connectivity index (χ2v) is 5.31. The highest BCUT2D eigenvalue weighted by molar-refractivity contribution is 7.10. The maximum Gasteiger partial charge on any atom is 0.223 e. The highest BCUT2D eigenvalue weighted by Gasteiger charge is 2.04. The number of guanidine groups is 1. The summed E-state index contributed by atoms with van der Waals surface area (Å²) in [5.41, 5.74) is 1.30. The molecule has 0 aliphatic rings. The minimum Gasteiger partial charge on any atom is -0.357 e. The zero-order valence-corrected chi connectivity index (χ0v) is 12.8. The van der Waals surface area contributed by atoms with Crippen LogP contribution in [0.5, 0.6) is 0 Å². The van der Waals surface area contributed by atoms with E-state index in [1.807, 2.05) is 6.92 Å². The number of thiophene rings is 1. The molecule has 0 aliphatic heterocycles. The van der Waals surface area contributed by atoms with Crippen LogP contribution in [0, 0.1) is 13.8 Å². The van der Waals surface area contributed by atoms with Crippen molar-refractivity contribution in [3.8, 4) is 0 Å². The molecular formula is C13H19N5OS. The molecule has 2 N–H and O–H groups in total. The average molecular weight is 293 g/mol. The van der Waals surface area contributed by atoms with E-state index in [2.05, 4.69) is 44.1 Å². The molecule has 7 heteroatoms. The van der Waals surface area contributed by atoms with Gasteiger partial charge >= 0.3 is 0 Å². The Morgan fingerprint density at radius 3 is 2.85 bits per heavy atom. The van der Waals surface area contributed by atoms with Crippen molar-refractivity contribution in [1.82, 2.24) is 20.8 Å². The van der Waals surface area contributed by atoms with E-state index in [4.69, 9.17) is 4.52 Å². The summed E-state index contributed by atoms with van der Waals surface area (Å²) < 4.78 is 4.92. The quantitative estimate of drug-likeness (QED) is 0.651. The fourth-order valence-electron chi connectivity index (χ4n) is 1.65. The van der Waals surface area contributed by atoms with Crippen LogP contribution in [0.25, 0.3) is 0 Å². The first-order valence-electron chi connectivity index (χ1n) is 6.53. The van der Waals surface area contributed by atoms with Crippen LogP contribution in [0.4, 0.5) is 0 Å². The highest BCUT2D eigenvalue weighted by Crippen LogP contribution is 2.14. The van der Waals surface area contributed by atoms with Crippen molar-refractivity contribution in [2.45, 2.75) is 33.9 Å². The molecule has 108 valence electrons. The molecule has 2 aromatic heterocycles. The molecule has 0 atom stereocenters. The number of aryl methyl sites for hydroxylation is 2. The third-order valence-electron chi connectivity index (χ3n) is 2.68. The fraction of sp³-hybridized carbons (Fsp3) is 0.462. The first-order valence-corrected chi connectivity index (χ1v) is 7.41. The Balaban J connectivity index is 1.94. The molecular weight excluding hydrogens is 274 g/mol. The van der Waals surface area contributed by atoms with Crippen LogP contribution < -0.4 is 10.6 Å². The molecule has 6 nitrogen and oxygen atoms in total. The van der Waals surface area contributed by atoms with Gasteiger partial charge in [0.05, 0.1) is 6.54 Å². The molecule has 0 bridgehead atoms. The van der Waals surface area contributed by atoms with Gasteiger partial charge < -0.3 is 15.2 Å². The third kappa shape index (κ3) is 4.06. The molecule has 0 aliphatic carbocycles. The molecule has 0 saturated carbocycles. The molecule has 2 rings (SSSR count). The Morgan fingerprint density at radius 2 is 2.25 bits per heavy atom. The van der Waals surface area contributed by atoms with E-state index in [1.165, 1.54) is 10.4 Å². The standard InChI is InChI=1S/C13H19N5OS/c1-4-14-13(15-7-11-9(2)5-6-20-11)16-8-12-17-10(3)19-18-12/h5-6H,4,7-8H2,1-3H3,(H2,14,15,16). The van der Waals surface area contributed by atoms with Crippen LogP contribution >= 0.6 is 11.3 Å². The number of aliphatic imine (C=N–C) groups is 1. The van der Waals surface area contributed by atoms with Crippen molar-refractivity contribution < 1.29 is 4.52 Å². The first kappa shape index (κ1) is 14.5. The average Bonchev–Trinajstić information content (AvgIpc) is 3.02. The van der Waals surface area contributed by atoms with E-state index in [9.17, 15) is 0 Å². The molecule has 0 spiro atoms. The summed E-state index contributed by atoms with van der Waals surface area (Å²) in [4.78, 5) is 9.88. The minimum absolute atomic E-state index is 0.399. The molecule has 0 fully saturated rings. The van der Waals surface area contributed by atoms with Gasteiger partial charge in [-0.3, -0.25) is 0 Å². The van der Waals surface area contributed by atoms with Crippen molar-refractivity contribution in [2.75, 3.05) is 6.54 Å². The van der Waals surface area contributed by atoms with Gasteiger partial charge in [0, 0.05) is 18.3 Å². The lowest BCUT2D eigenvalue weighted by atomic mass is 10.3. The van der Waals surface area contributed by atoms with Gasteiger partial charge in [0.2, 0.25) is 5.89 Å². The summed E-state index contributed by atoms with van der Waals surface area (Å²) in [6.45, 7) is 7.88. The van der Waals surface area contributed by atoms with Crippen LogP contribution in [-0.4, -0.2) is 22.6 Å². The first-order chi connectivity index (χ1) is 9.69. The lowest BCUT2D eigenvalue weighted by Gasteiger charge is -2.10. The van der Waals surface area contributed by atoms with Crippen molar-refractivity contribution in [3.05, 3.63) is 33.6 Å². The Kier molecular flexibility index (Phi) is 5.11. The molecule has 2 aromatic rings. The molecule has 0 saturated heterocycles. The molecule has 0 amide bonds. The van der Waals surface area contributed by atoms with Gasteiger partial charge in [0.15, 0.2) is 11.8 Å². The van der Waals surface area contributed by atoms with Gasteiger partial charge in [-0.2, -0.15) is 4.98 Å². The van der Waals surface area contributed by atoms with Crippen LogP contribution in [0.15, 0.2) is 21.0 Å². The summed E-state index contributed by atoms with van der Waals surface area (Å²) in [7, 11) is 0. The smallest absolute Gasteiger partial charge is 0.223 e. The lowest BCUT2D eigenvalue weighted by molar-refractivity contribution is 0.387. The topological polar surface area (TPSA) is 75.3 Å². The van der Waals surface area contributed by atoms with Gasteiger partial charge in [-0.25, -0.2) is 4.99 Å². The molecule has 0 unspecified atom stereocenters. The monoisotopic (exact) mass is 293 g/mol. The molecule has 20 heavy (non-hydrogen) atoms. The van der Waals surface area contributed by atoms with Gasteiger partial charge in [0.1, 0.15) is 6.54 Å². The number of aromatic nitrogens is 2. The Morgan fingerprint density at radius 1 is 1.40 bits per heavy atom. The van der Waals surface area contributed by atoms with E-state index in [0.717, 1.165) is 19.0 Å². The van der Waals surface area contributed by atoms with Crippen LogP contribution in [-0.2, 0) is 13.1 Å². The zero-order valence-electron chi connectivity index (χ0n) is 11.9. The predicted molar refractivity (Wildman–Crippen MR) is 79.7 cm³/mol. The number of hydrogen-bond acceptors (Lipinski definition) is 5. The summed E-state index contributed by atoms with van der Waals surface area (Å²) in [5, 5.41) is 12.4. The van der Waals surface area contributed by atoms with Crippen LogP contribution in [0.1, 0.15) is 29.1 Å². The fourth-order valence-corrected chi connectivity index (χ4v) is 2.49. The van der Waals surface area contributed by atoms with E-state index in [0.29, 0.717) is 18.3 Å². The van der Waals surface area contributed by atoms with Crippen LogP contribution in [0.3, 0.4) is 0 Å². The molecule has 0 radical (unpaired) electrons. The van der Waals surface area contributed by atoms with E-state index in [1.54, 1.807) is 18.3 Å². The SMILES string of the molecule is CCNC(=NCc1noc(C)n1)NCc1sccc1C. The second kappa shape index (κ2) is 7.04. The second-order valence-electron chi connectivity index (χ2n) is 4.31. The van der Waals surface area contributed by atoms with Crippen molar-refractivity contribution >= 4 is 17.3 Å². The van der Waals surface area contributed by atoms with E-state index >= 15 is 0 Å². The lowest BCUT2D eigenvalue weighted by Crippen LogP contribution is -2.36. The van der Waals surface area contributed by atoms with E-state index in [-0.39, 0.29) is 0 Å². The van der Waals surface area contributed by atoms with Gasteiger partial charge in [0.25, 0.3) is 0 Å². The van der Waals surface area contributed by atoms with Gasteiger partial charge in [-0.1, -0.05) is 5.16 Å².